The molecule has 0 aliphatic heterocycles. The van der Waals surface area contributed by atoms with Crippen LogP contribution in [-0.2, 0) is 4.74 Å². The predicted molar refractivity (Wildman–Crippen MR) is 38.1 cm³/mol. The van der Waals surface area contributed by atoms with Gasteiger partial charge in [0.05, 0.1) is 7.11 Å². The normalized spacial score (nSPS) is 11.2. The molecule has 3 nitrogen and oxygen atoms in total. The molecule has 1 N–H and O–H groups in total. The topological polar surface area (TPSA) is 45.4 Å². The molecular weight excluding hydrogens is 116 g/mol. The van der Waals surface area contributed by atoms with Crippen LogP contribution in [0.4, 0.5) is 0 Å². The highest BCUT2D eigenvalue weighted by atomic mass is 16.5. The fourth-order valence-electron chi connectivity index (χ4n) is 0.456. The van der Waals surface area contributed by atoms with Gasteiger partial charge in [-0.15, -0.1) is 0 Å². The molecule has 0 aromatic heterocycles. The van der Waals surface area contributed by atoms with Gasteiger partial charge in [0.15, 0.2) is 5.90 Å². The molecule has 0 unspecified atom stereocenters. The van der Waals surface area contributed by atoms with Crippen molar-refractivity contribution >= 4 is 11.7 Å². The van der Waals surface area contributed by atoms with Crippen molar-refractivity contribution in [2.75, 3.05) is 7.11 Å². The Kier molecular flexibility index (Phi) is 3.67. The Morgan fingerprint density at radius 1 is 1.67 bits per heavy atom. The molecule has 0 spiro atoms. The first-order valence-corrected chi connectivity index (χ1v) is 2.87. The molecule has 52 valence electrons. The molecule has 0 aromatic carbocycles. The number of hydrogen-bond donors (Lipinski definition) is 1. The molecule has 0 fully saturated rings. The monoisotopic (exact) mass is 128 g/mol. The van der Waals surface area contributed by atoms with Gasteiger partial charge < -0.3 is 4.74 Å². The minimum Gasteiger partial charge on any atom is -0.484 e. The van der Waals surface area contributed by atoms with Crippen LogP contribution >= 0.6 is 0 Å². The van der Waals surface area contributed by atoms with Crippen LogP contribution in [0.2, 0.25) is 0 Å². The van der Waals surface area contributed by atoms with E-state index in [1.54, 1.807) is 14.0 Å². The van der Waals surface area contributed by atoms with Crippen molar-refractivity contribution in [3.05, 3.63) is 0 Å². The van der Waals surface area contributed by atoms with Gasteiger partial charge in [-0.2, -0.15) is 0 Å². The highest BCUT2D eigenvalue weighted by Crippen LogP contribution is 1.86. The van der Waals surface area contributed by atoms with E-state index in [4.69, 9.17) is 10.1 Å². The first-order valence-electron chi connectivity index (χ1n) is 2.87. The lowest BCUT2D eigenvalue weighted by Crippen LogP contribution is -2.01. The lowest BCUT2D eigenvalue weighted by molar-refractivity contribution is 0.393. The van der Waals surface area contributed by atoms with Crippen molar-refractivity contribution in [3.8, 4) is 0 Å². The molecule has 0 rings (SSSR count). The quantitative estimate of drug-likeness (QED) is 0.421. The minimum absolute atomic E-state index is 0.286. The number of nitrogens with one attached hydrogen (secondary N) is 1. The Morgan fingerprint density at radius 2 is 2.22 bits per heavy atom. The second kappa shape index (κ2) is 4.06. The van der Waals surface area contributed by atoms with Crippen molar-refractivity contribution in [1.29, 1.82) is 5.41 Å². The van der Waals surface area contributed by atoms with E-state index in [2.05, 4.69) is 4.99 Å². The molecule has 0 aliphatic rings. The molecule has 0 saturated heterocycles. The minimum atomic E-state index is 0.286. The SMILES string of the molecule is CCC(=NC(C)=N)OC. The summed E-state index contributed by atoms with van der Waals surface area (Å²) in [5, 5.41) is 6.96. The van der Waals surface area contributed by atoms with Crippen LogP contribution in [0.5, 0.6) is 0 Å². The fraction of sp³-hybridized carbons (Fsp3) is 0.667. The Balaban J connectivity index is 3.91. The molecule has 9 heavy (non-hydrogen) atoms. The van der Waals surface area contributed by atoms with E-state index in [0.29, 0.717) is 5.90 Å². The van der Waals surface area contributed by atoms with Gasteiger partial charge in [0.25, 0.3) is 0 Å². The third-order valence-corrected chi connectivity index (χ3v) is 0.830. The average Bonchev–Trinajstić information content (AvgIpc) is 1.82. The van der Waals surface area contributed by atoms with E-state index in [-0.39, 0.29) is 5.84 Å². The van der Waals surface area contributed by atoms with Gasteiger partial charge in [-0.1, -0.05) is 6.92 Å². The third-order valence-electron chi connectivity index (χ3n) is 0.830. The maximum atomic E-state index is 6.96. The average molecular weight is 128 g/mol. The van der Waals surface area contributed by atoms with Gasteiger partial charge >= 0.3 is 0 Å². The molecule has 0 aliphatic carbocycles. The Hall–Kier alpha value is -0.860. The Labute approximate surface area is 55.3 Å². The van der Waals surface area contributed by atoms with Crippen LogP contribution in [-0.4, -0.2) is 18.8 Å². The summed E-state index contributed by atoms with van der Waals surface area (Å²) in [7, 11) is 1.56. The first kappa shape index (κ1) is 8.14. The highest BCUT2D eigenvalue weighted by molar-refractivity contribution is 5.91. The number of methoxy groups -OCH3 is 1. The zero-order chi connectivity index (χ0) is 7.28. The summed E-state index contributed by atoms with van der Waals surface area (Å²) in [5.41, 5.74) is 0. The summed E-state index contributed by atoms with van der Waals surface area (Å²) in [6, 6.07) is 0. The van der Waals surface area contributed by atoms with Crippen molar-refractivity contribution in [3.63, 3.8) is 0 Å². The summed E-state index contributed by atoms with van der Waals surface area (Å²) >= 11 is 0. The van der Waals surface area contributed by atoms with E-state index in [0.717, 1.165) is 6.42 Å². The summed E-state index contributed by atoms with van der Waals surface area (Å²) in [6.45, 7) is 3.56. The van der Waals surface area contributed by atoms with E-state index >= 15 is 0 Å². The van der Waals surface area contributed by atoms with E-state index < -0.39 is 0 Å². The largest absolute Gasteiger partial charge is 0.484 e. The molecule has 0 amide bonds. The highest BCUT2D eigenvalue weighted by Gasteiger charge is 1.91. The molecule has 3 heteroatoms. The molecular formula is C6H12N2O. The standard InChI is InChI=1S/C6H12N2O/c1-4-6(9-3)8-5(2)7/h7H,4H2,1-3H3. The van der Waals surface area contributed by atoms with Gasteiger partial charge in [0.2, 0.25) is 0 Å². The van der Waals surface area contributed by atoms with Gasteiger partial charge in [0, 0.05) is 6.42 Å². The maximum absolute atomic E-state index is 6.96. The molecule has 0 saturated carbocycles. The van der Waals surface area contributed by atoms with Crippen molar-refractivity contribution in [2.24, 2.45) is 4.99 Å². The van der Waals surface area contributed by atoms with Crippen molar-refractivity contribution < 1.29 is 4.74 Å². The lowest BCUT2D eigenvalue weighted by Gasteiger charge is -1.98. The van der Waals surface area contributed by atoms with Crippen LogP contribution in [0.1, 0.15) is 20.3 Å². The van der Waals surface area contributed by atoms with Crippen LogP contribution < -0.4 is 0 Å². The lowest BCUT2D eigenvalue weighted by atomic mass is 10.5. The molecule has 0 bridgehead atoms. The second-order valence-corrected chi connectivity index (χ2v) is 1.65. The molecule has 0 atom stereocenters. The first-order chi connectivity index (χ1) is 4.20. The second-order valence-electron chi connectivity index (χ2n) is 1.65. The number of ether oxygens (including phenoxy) is 1. The van der Waals surface area contributed by atoms with Crippen molar-refractivity contribution in [2.45, 2.75) is 20.3 Å². The summed E-state index contributed by atoms with van der Waals surface area (Å²) in [6.07, 6.45) is 0.743. The number of nitrogens with zero attached hydrogens (tertiary/aromatic N) is 1. The van der Waals surface area contributed by atoms with E-state index in [9.17, 15) is 0 Å². The Bertz CT molecular complexity index is 123. The number of amidine groups is 1. The predicted octanol–water partition coefficient (Wildman–Crippen LogP) is 1.44. The van der Waals surface area contributed by atoms with E-state index in [1.807, 2.05) is 6.92 Å². The van der Waals surface area contributed by atoms with Gasteiger partial charge in [-0.3, -0.25) is 5.41 Å². The Morgan fingerprint density at radius 3 is 2.33 bits per heavy atom. The maximum Gasteiger partial charge on any atom is 0.188 e. The zero-order valence-electron chi connectivity index (χ0n) is 6.06. The van der Waals surface area contributed by atoms with Crippen LogP contribution in [0.25, 0.3) is 0 Å². The molecule has 0 heterocycles. The van der Waals surface area contributed by atoms with Crippen LogP contribution in [0, 0.1) is 5.41 Å². The van der Waals surface area contributed by atoms with Gasteiger partial charge in [-0.05, 0) is 6.92 Å². The number of rotatable bonds is 1. The third kappa shape index (κ3) is 3.70. The van der Waals surface area contributed by atoms with E-state index in [1.165, 1.54) is 0 Å². The fourth-order valence-corrected chi connectivity index (χ4v) is 0.456. The molecule has 0 radical (unpaired) electrons. The zero-order valence-corrected chi connectivity index (χ0v) is 6.06. The summed E-state index contributed by atoms with van der Waals surface area (Å²) in [5.74, 6) is 0.899. The summed E-state index contributed by atoms with van der Waals surface area (Å²) < 4.78 is 4.82. The number of hydrogen-bond acceptors (Lipinski definition) is 2. The van der Waals surface area contributed by atoms with Crippen LogP contribution in [0.15, 0.2) is 4.99 Å². The molecule has 0 aromatic rings. The van der Waals surface area contributed by atoms with Gasteiger partial charge in [0.1, 0.15) is 5.84 Å². The summed E-state index contributed by atoms with van der Waals surface area (Å²) in [4.78, 5) is 3.79. The number of aliphatic imine (C=N–C) groups is 1. The van der Waals surface area contributed by atoms with Crippen molar-refractivity contribution in [1.82, 2.24) is 0 Å². The van der Waals surface area contributed by atoms with Crippen LogP contribution in [0.3, 0.4) is 0 Å². The smallest absolute Gasteiger partial charge is 0.188 e. The van der Waals surface area contributed by atoms with Gasteiger partial charge in [-0.25, -0.2) is 4.99 Å².